The fourth-order valence-corrected chi connectivity index (χ4v) is 4.25. The molecule has 1 unspecified atom stereocenters. The number of carboxylic acids is 1. The zero-order valence-electron chi connectivity index (χ0n) is 17.8. The minimum atomic E-state index is -1.17. The summed E-state index contributed by atoms with van der Waals surface area (Å²) < 4.78 is 15.0. The number of fused-ring (bicyclic) bond motifs is 1. The van der Waals surface area contributed by atoms with Crippen molar-refractivity contribution < 1.29 is 19.1 Å². The van der Waals surface area contributed by atoms with Crippen molar-refractivity contribution in [2.24, 2.45) is 0 Å². The number of aromatic amines is 1. The number of halogens is 1. The van der Waals surface area contributed by atoms with Gasteiger partial charge in [0.15, 0.2) is 0 Å². The lowest BCUT2D eigenvalue weighted by Crippen LogP contribution is -2.42. The van der Waals surface area contributed by atoms with E-state index in [1.54, 1.807) is 12.1 Å². The van der Waals surface area contributed by atoms with Crippen LogP contribution in [0.25, 0.3) is 16.6 Å². The second-order valence-corrected chi connectivity index (χ2v) is 8.43. The Balaban J connectivity index is 1.62. The Bertz CT molecular complexity index is 1490. The molecule has 0 saturated carbocycles. The van der Waals surface area contributed by atoms with Crippen LogP contribution >= 0.6 is 11.3 Å². The maximum atomic E-state index is 14.2. The highest BCUT2D eigenvalue weighted by Crippen LogP contribution is 2.19. The molecule has 1 amide bonds. The Labute approximate surface area is 195 Å². The number of anilines is 1. The van der Waals surface area contributed by atoms with E-state index in [1.807, 2.05) is 5.38 Å². The van der Waals surface area contributed by atoms with Crippen LogP contribution in [0.4, 0.5) is 10.1 Å². The Kier molecular flexibility index (Phi) is 6.28. The molecule has 2 aromatic carbocycles. The van der Waals surface area contributed by atoms with Crippen LogP contribution < -0.4 is 21.9 Å². The van der Waals surface area contributed by atoms with Gasteiger partial charge in [-0.15, -0.1) is 11.3 Å². The molecule has 0 aliphatic rings. The number of nitrogens with one attached hydrogen (secondary N) is 3. The predicted molar refractivity (Wildman–Crippen MR) is 127 cm³/mol. The van der Waals surface area contributed by atoms with E-state index in [1.165, 1.54) is 48.7 Å². The first-order chi connectivity index (χ1) is 16.3. The van der Waals surface area contributed by atoms with Crippen LogP contribution in [0.15, 0.2) is 63.5 Å². The monoisotopic (exact) mass is 482 g/mol. The molecule has 0 radical (unpaired) electrons. The molecule has 1 atom stereocenters. The Morgan fingerprint density at radius 1 is 1.18 bits per heavy atom. The van der Waals surface area contributed by atoms with Crippen molar-refractivity contribution in [3.63, 3.8) is 0 Å². The summed E-state index contributed by atoms with van der Waals surface area (Å²) in [5.41, 5.74) is -0.829. The lowest BCUT2D eigenvalue weighted by atomic mass is 10.1. The van der Waals surface area contributed by atoms with Gasteiger partial charge in [0.2, 0.25) is 0 Å². The zero-order valence-corrected chi connectivity index (χ0v) is 18.6. The van der Waals surface area contributed by atoms with Crippen molar-refractivity contribution in [2.45, 2.75) is 12.5 Å². The van der Waals surface area contributed by atoms with E-state index in [0.29, 0.717) is 0 Å². The van der Waals surface area contributed by atoms with Crippen LogP contribution in [-0.4, -0.2) is 39.6 Å². The summed E-state index contributed by atoms with van der Waals surface area (Å²) >= 11 is 1.39. The second-order valence-electron chi connectivity index (χ2n) is 7.39. The van der Waals surface area contributed by atoms with Gasteiger partial charge in [-0.05, 0) is 47.8 Å². The predicted octanol–water partition coefficient (Wildman–Crippen LogP) is 2.35. The van der Waals surface area contributed by atoms with E-state index in [4.69, 9.17) is 0 Å². The third-order valence-electron chi connectivity index (χ3n) is 5.23. The number of hydrogen-bond donors (Lipinski definition) is 4. The van der Waals surface area contributed by atoms with E-state index in [-0.39, 0.29) is 34.3 Å². The number of nitrogens with zero attached hydrogens (tertiary/aromatic N) is 1. The van der Waals surface area contributed by atoms with Gasteiger partial charge in [-0.25, -0.2) is 18.5 Å². The largest absolute Gasteiger partial charge is 0.480 e. The SMILES string of the molecule is CNc1cc2[nH]c(=O)n(-c3ccc(C(=O)NC(Cc4cccs4)C(=O)O)cc3)c(=O)c2cc1F. The Morgan fingerprint density at radius 2 is 1.91 bits per heavy atom. The summed E-state index contributed by atoms with van der Waals surface area (Å²) in [5, 5.41) is 16.4. The molecule has 0 saturated heterocycles. The maximum Gasteiger partial charge on any atom is 0.333 e. The zero-order chi connectivity index (χ0) is 24.4. The van der Waals surface area contributed by atoms with Crippen LogP contribution in [0.3, 0.4) is 0 Å². The first-order valence-electron chi connectivity index (χ1n) is 10.1. The number of carboxylic acid groups (broad SMARTS) is 1. The summed E-state index contributed by atoms with van der Waals surface area (Å²) in [6.45, 7) is 0. The number of benzene rings is 2. The molecule has 4 N–H and O–H groups in total. The third kappa shape index (κ3) is 4.46. The number of hydrogen-bond acceptors (Lipinski definition) is 6. The Hall–Kier alpha value is -4.25. The lowest BCUT2D eigenvalue weighted by molar-refractivity contribution is -0.139. The van der Waals surface area contributed by atoms with Gasteiger partial charge in [-0.2, -0.15) is 0 Å². The standard InChI is InChI=1S/C23H19FN4O5S/c1-25-18-11-17-15(10-16(18)24)21(30)28(23(33)27-17)13-6-4-12(5-7-13)20(29)26-19(22(31)32)9-14-3-2-8-34-14/h2-8,10-11,19,25H,9H2,1H3,(H,26,29)(H,27,33)(H,31,32). The fourth-order valence-electron chi connectivity index (χ4n) is 3.50. The summed E-state index contributed by atoms with van der Waals surface area (Å²) in [4.78, 5) is 53.0. The number of H-pyrrole nitrogens is 1. The first kappa shape index (κ1) is 22.9. The minimum absolute atomic E-state index is 0.0178. The molecule has 34 heavy (non-hydrogen) atoms. The summed E-state index contributed by atoms with van der Waals surface area (Å²) in [7, 11) is 1.52. The van der Waals surface area contributed by atoms with Crippen molar-refractivity contribution in [1.29, 1.82) is 0 Å². The van der Waals surface area contributed by atoms with Crippen molar-refractivity contribution in [3.8, 4) is 5.69 Å². The van der Waals surface area contributed by atoms with Crippen LogP contribution in [0, 0.1) is 5.82 Å². The minimum Gasteiger partial charge on any atom is -0.480 e. The molecule has 0 fully saturated rings. The van der Waals surface area contributed by atoms with Crippen molar-refractivity contribution >= 4 is 39.8 Å². The molecule has 0 bridgehead atoms. The molecule has 0 aliphatic heterocycles. The molecule has 0 aliphatic carbocycles. The fraction of sp³-hybridized carbons (Fsp3) is 0.130. The molecule has 9 nitrogen and oxygen atoms in total. The van der Waals surface area contributed by atoms with Crippen LogP contribution in [0.5, 0.6) is 0 Å². The van der Waals surface area contributed by atoms with Crippen LogP contribution in [-0.2, 0) is 11.2 Å². The second kappa shape index (κ2) is 9.32. The van der Waals surface area contributed by atoms with Gasteiger partial charge in [0.05, 0.1) is 22.3 Å². The number of carbonyl (C=O) groups excluding carboxylic acids is 1. The number of aliphatic carboxylic acids is 1. The molecular formula is C23H19FN4O5S. The highest BCUT2D eigenvalue weighted by Gasteiger charge is 2.22. The van der Waals surface area contributed by atoms with Crippen LogP contribution in [0.1, 0.15) is 15.2 Å². The molecule has 2 aromatic heterocycles. The number of aromatic nitrogens is 2. The molecule has 0 spiro atoms. The van der Waals surface area contributed by atoms with Gasteiger partial charge >= 0.3 is 11.7 Å². The van der Waals surface area contributed by atoms with Crippen molar-refractivity contribution in [2.75, 3.05) is 12.4 Å². The third-order valence-corrected chi connectivity index (χ3v) is 6.13. The van der Waals surface area contributed by atoms with E-state index in [9.17, 15) is 28.7 Å². The van der Waals surface area contributed by atoms with Gasteiger partial charge in [0, 0.05) is 23.9 Å². The summed E-state index contributed by atoms with van der Waals surface area (Å²) in [6.07, 6.45) is 0.143. The summed E-state index contributed by atoms with van der Waals surface area (Å²) in [6, 6.07) is 10.3. The number of rotatable bonds is 7. The van der Waals surface area contributed by atoms with Crippen LogP contribution in [0.2, 0.25) is 0 Å². The molecule has 2 heterocycles. The molecule has 174 valence electrons. The van der Waals surface area contributed by atoms with Gasteiger partial charge < -0.3 is 20.7 Å². The average Bonchev–Trinajstić information content (AvgIpc) is 3.32. The van der Waals surface area contributed by atoms with E-state index in [0.717, 1.165) is 15.5 Å². The summed E-state index contributed by atoms with van der Waals surface area (Å²) in [5.74, 6) is -2.42. The Morgan fingerprint density at radius 3 is 2.53 bits per heavy atom. The van der Waals surface area contributed by atoms with E-state index in [2.05, 4.69) is 15.6 Å². The average molecular weight is 482 g/mol. The topological polar surface area (TPSA) is 133 Å². The van der Waals surface area contributed by atoms with E-state index >= 15 is 0 Å². The smallest absolute Gasteiger partial charge is 0.333 e. The van der Waals surface area contributed by atoms with Gasteiger partial charge in [-0.1, -0.05) is 6.07 Å². The highest BCUT2D eigenvalue weighted by atomic mass is 32.1. The first-order valence-corrected chi connectivity index (χ1v) is 11.0. The van der Waals surface area contributed by atoms with E-state index < -0.39 is 35.0 Å². The molecule has 4 rings (SSSR count). The number of carbonyl (C=O) groups is 2. The van der Waals surface area contributed by atoms with Crippen molar-refractivity contribution in [3.05, 3.63) is 91.0 Å². The quantitative estimate of drug-likeness (QED) is 0.320. The number of thiophene rings is 1. The lowest BCUT2D eigenvalue weighted by Gasteiger charge is -2.14. The highest BCUT2D eigenvalue weighted by molar-refractivity contribution is 7.09. The van der Waals surface area contributed by atoms with Gasteiger partial charge in [0.1, 0.15) is 11.9 Å². The maximum absolute atomic E-state index is 14.2. The molecule has 11 heteroatoms. The van der Waals surface area contributed by atoms with Crippen molar-refractivity contribution in [1.82, 2.24) is 14.9 Å². The van der Waals surface area contributed by atoms with Gasteiger partial charge in [0.25, 0.3) is 11.5 Å². The normalized spacial score (nSPS) is 11.8. The number of amides is 1. The molecule has 4 aromatic rings. The van der Waals surface area contributed by atoms with Gasteiger partial charge in [-0.3, -0.25) is 9.59 Å². The molecular weight excluding hydrogens is 463 g/mol.